The first-order valence-corrected chi connectivity index (χ1v) is 10.3. The number of nitrogens with zero attached hydrogens (tertiary/aromatic N) is 1. The molecule has 162 valence electrons. The quantitative estimate of drug-likeness (QED) is 0.614. The van der Waals surface area contributed by atoms with E-state index in [-0.39, 0.29) is 24.1 Å². The Morgan fingerprint density at radius 1 is 1.03 bits per heavy atom. The van der Waals surface area contributed by atoms with Gasteiger partial charge in [0.15, 0.2) is 0 Å². The number of carbonyl (C=O) groups is 2. The molecule has 3 aromatic rings. The Kier molecular flexibility index (Phi) is 7.02. The van der Waals surface area contributed by atoms with E-state index in [4.69, 9.17) is 5.73 Å². The fraction of sp³-hybridized carbons (Fsp3) is 0.280. The van der Waals surface area contributed by atoms with Gasteiger partial charge < -0.3 is 16.0 Å². The fourth-order valence-corrected chi connectivity index (χ4v) is 3.75. The maximum atomic E-state index is 13.2. The molecule has 0 aliphatic carbocycles. The van der Waals surface area contributed by atoms with Crippen LogP contribution in [0.5, 0.6) is 0 Å². The summed E-state index contributed by atoms with van der Waals surface area (Å²) in [5.74, 6) is -1.39. The van der Waals surface area contributed by atoms with Crippen molar-refractivity contribution in [2.75, 3.05) is 14.1 Å². The van der Waals surface area contributed by atoms with Gasteiger partial charge in [-0.15, -0.1) is 0 Å². The van der Waals surface area contributed by atoms with Crippen LogP contribution in [0.4, 0.5) is 4.39 Å². The number of benzene rings is 3. The van der Waals surface area contributed by atoms with Crippen LogP contribution in [0.3, 0.4) is 0 Å². The van der Waals surface area contributed by atoms with E-state index in [1.165, 1.54) is 24.1 Å². The molecule has 0 bridgehead atoms. The number of nitrogens with one attached hydrogen (secondary N) is 1. The van der Waals surface area contributed by atoms with Crippen LogP contribution in [0.15, 0.2) is 66.7 Å². The van der Waals surface area contributed by atoms with Gasteiger partial charge in [-0.05, 0) is 40.1 Å². The third kappa shape index (κ3) is 5.09. The lowest BCUT2D eigenvalue weighted by atomic mass is 9.92. The third-order valence-corrected chi connectivity index (χ3v) is 5.79. The number of likely N-dealkylation sites (N-methyl/N-ethyl adjacent to an activating group) is 2. The number of rotatable bonds is 7. The molecule has 0 fully saturated rings. The lowest BCUT2D eigenvalue weighted by Crippen LogP contribution is -2.50. The zero-order valence-corrected chi connectivity index (χ0v) is 18.0. The highest BCUT2D eigenvalue weighted by Crippen LogP contribution is 2.25. The molecule has 0 aliphatic heterocycles. The largest absolute Gasteiger partial charge is 0.357 e. The summed E-state index contributed by atoms with van der Waals surface area (Å²) < 4.78 is 13.2. The molecule has 0 heterocycles. The number of hydrogen-bond donors (Lipinski definition) is 2. The number of fused-ring (bicyclic) bond motifs is 1. The minimum atomic E-state index is -0.728. The van der Waals surface area contributed by atoms with Gasteiger partial charge >= 0.3 is 0 Å². The molecule has 0 radical (unpaired) electrons. The minimum Gasteiger partial charge on any atom is -0.357 e. The number of hydrogen-bond acceptors (Lipinski definition) is 3. The number of carbonyl (C=O) groups excluding carboxylic acids is 2. The van der Waals surface area contributed by atoms with Gasteiger partial charge in [-0.25, -0.2) is 4.39 Å². The first-order chi connectivity index (χ1) is 14.8. The van der Waals surface area contributed by atoms with E-state index in [1.54, 1.807) is 26.1 Å². The monoisotopic (exact) mass is 421 g/mol. The molecule has 0 aliphatic rings. The van der Waals surface area contributed by atoms with Gasteiger partial charge in [-0.2, -0.15) is 0 Å². The molecule has 0 aromatic heterocycles. The Balaban J connectivity index is 1.79. The molecule has 3 N–H and O–H groups in total. The first kappa shape index (κ1) is 22.4. The van der Waals surface area contributed by atoms with Gasteiger partial charge in [0, 0.05) is 26.6 Å². The highest BCUT2D eigenvalue weighted by molar-refractivity contribution is 5.89. The molecule has 5 nitrogen and oxygen atoms in total. The van der Waals surface area contributed by atoms with E-state index in [9.17, 15) is 14.0 Å². The molecule has 1 unspecified atom stereocenters. The second-order valence-corrected chi connectivity index (χ2v) is 7.83. The van der Waals surface area contributed by atoms with Gasteiger partial charge in [0.2, 0.25) is 11.8 Å². The molecular formula is C25H28FN3O2. The zero-order chi connectivity index (χ0) is 22.5. The van der Waals surface area contributed by atoms with Crippen LogP contribution >= 0.6 is 0 Å². The van der Waals surface area contributed by atoms with Crippen molar-refractivity contribution >= 4 is 22.6 Å². The standard InChI is InChI=1S/C25H28FN3O2/c1-16(23(27)20-11-10-18-6-4-5-7-19(18)15-20)25(31)29(3)22(24(30)28-2)14-17-8-12-21(26)13-9-17/h4-13,15-16,22-23H,14,27H2,1-3H3,(H,28,30)/t16-,22-,23?/m1/s1. The molecule has 2 amide bonds. The minimum absolute atomic E-state index is 0.226. The van der Waals surface area contributed by atoms with E-state index in [2.05, 4.69) is 5.32 Å². The van der Waals surface area contributed by atoms with Crippen LogP contribution in [-0.4, -0.2) is 36.9 Å². The number of amides is 2. The van der Waals surface area contributed by atoms with Gasteiger partial charge in [0.1, 0.15) is 11.9 Å². The highest BCUT2D eigenvalue weighted by atomic mass is 19.1. The lowest BCUT2D eigenvalue weighted by molar-refractivity contribution is -0.142. The van der Waals surface area contributed by atoms with Crippen molar-refractivity contribution in [3.8, 4) is 0 Å². The lowest BCUT2D eigenvalue weighted by Gasteiger charge is -2.31. The van der Waals surface area contributed by atoms with Crippen LogP contribution in [0.2, 0.25) is 0 Å². The van der Waals surface area contributed by atoms with Crippen molar-refractivity contribution in [2.24, 2.45) is 11.7 Å². The predicted octanol–water partition coefficient (Wildman–Crippen LogP) is 3.43. The average molecular weight is 422 g/mol. The molecule has 6 heteroatoms. The summed E-state index contributed by atoms with van der Waals surface area (Å²) in [5.41, 5.74) is 8.09. The SMILES string of the molecule is CNC(=O)[C@@H](Cc1ccc(F)cc1)N(C)C(=O)[C@H](C)C(N)c1ccc2ccccc2c1. The second-order valence-electron chi connectivity index (χ2n) is 7.83. The van der Waals surface area contributed by atoms with Crippen molar-refractivity contribution in [3.63, 3.8) is 0 Å². The van der Waals surface area contributed by atoms with Crippen molar-refractivity contribution in [1.29, 1.82) is 0 Å². The van der Waals surface area contributed by atoms with E-state index in [0.717, 1.165) is 21.9 Å². The van der Waals surface area contributed by atoms with Crippen LogP contribution < -0.4 is 11.1 Å². The molecule has 3 aromatic carbocycles. The van der Waals surface area contributed by atoms with Gasteiger partial charge in [0.25, 0.3) is 0 Å². The third-order valence-electron chi connectivity index (χ3n) is 5.79. The Bertz CT molecular complexity index is 1070. The maximum absolute atomic E-state index is 13.2. The van der Waals surface area contributed by atoms with Gasteiger partial charge in [-0.3, -0.25) is 9.59 Å². The van der Waals surface area contributed by atoms with E-state index < -0.39 is 18.0 Å². The topological polar surface area (TPSA) is 75.4 Å². The van der Waals surface area contributed by atoms with Crippen LogP contribution in [0, 0.1) is 11.7 Å². The van der Waals surface area contributed by atoms with Crippen molar-refractivity contribution in [3.05, 3.63) is 83.7 Å². The van der Waals surface area contributed by atoms with Crippen LogP contribution in [0.1, 0.15) is 24.1 Å². The molecule has 0 spiro atoms. The molecule has 3 rings (SSSR count). The Morgan fingerprint density at radius 2 is 1.68 bits per heavy atom. The van der Waals surface area contributed by atoms with Crippen LogP contribution in [-0.2, 0) is 16.0 Å². The summed E-state index contributed by atoms with van der Waals surface area (Å²) in [6.07, 6.45) is 0.278. The molecular weight excluding hydrogens is 393 g/mol. The highest BCUT2D eigenvalue weighted by Gasteiger charge is 2.32. The normalized spacial score (nSPS) is 14.0. The summed E-state index contributed by atoms with van der Waals surface area (Å²) >= 11 is 0. The smallest absolute Gasteiger partial charge is 0.242 e. The fourth-order valence-electron chi connectivity index (χ4n) is 3.75. The molecule has 31 heavy (non-hydrogen) atoms. The van der Waals surface area contributed by atoms with E-state index in [0.29, 0.717) is 0 Å². The van der Waals surface area contributed by atoms with Crippen molar-refractivity contribution in [1.82, 2.24) is 10.2 Å². The Morgan fingerprint density at radius 3 is 2.32 bits per heavy atom. The molecule has 0 saturated heterocycles. The summed E-state index contributed by atoms with van der Waals surface area (Å²) in [5, 5.41) is 4.78. The number of halogens is 1. The maximum Gasteiger partial charge on any atom is 0.242 e. The van der Waals surface area contributed by atoms with E-state index >= 15 is 0 Å². The predicted molar refractivity (Wildman–Crippen MR) is 121 cm³/mol. The van der Waals surface area contributed by atoms with Crippen LogP contribution in [0.25, 0.3) is 10.8 Å². The summed E-state index contributed by atoms with van der Waals surface area (Å²) in [6, 6.07) is 18.6. The van der Waals surface area contributed by atoms with Crippen molar-refractivity contribution in [2.45, 2.75) is 25.4 Å². The summed E-state index contributed by atoms with van der Waals surface area (Å²) in [6.45, 7) is 1.78. The van der Waals surface area contributed by atoms with Gasteiger partial charge in [0.05, 0.1) is 5.92 Å². The Labute approximate surface area is 182 Å². The average Bonchev–Trinajstić information content (AvgIpc) is 2.81. The number of nitrogens with two attached hydrogens (primary N) is 1. The first-order valence-electron chi connectivity index (χ1n) is 10.3. The van der Waals surface area contributed by atoms with E-state index in [1.807, 2.05) is 42.5 Å². The summed E-state index contributed by atoms with van der Waals surface area (Å²) in [4.78, 5) is 27.2. The van der Waals surface area contributed by atoms with Crippen molar-refractivity contribution < 1.29 is 14.0 Å². The zero-order valence-electron chi connectivity index (χ0n) is 18.0. The van der Waals surface area contributed by atoms with Gasteiger partial charge in [-0.1, -0.05) is 55.5 Å². The molecule has 0 saturated carbocycles. The summed E-state index contributed by atoms with van der Waals surface area (Å²) in [7, 11) is 3.14. The molecule has 3 atom stereocenters. The second kappa shape index (κ2) is 9.71. The Hall–Kier alpha value is -3.25.